The SMILES string of the molecule is FC(F)(F)COCCNC1=NCC2(CCCC2)CS1. The highest BCUT2D eigenvalue weighted by molar-refractivity contribution is 8.13. The number of rotatable bonds is 4. The van der Waals surface area contributed by atoms with E-state index in [-0.39, 0.29) is 6.61 Å². The van der Waals surface area contributed by atoms with Crippen LogP contribution in [0.4, 0.5) is 13.2 Å². The maximum atomic E-state index is 11.8. The van der Waals surface area contributed by atoms with E-state index in [0.717, 1.165) is 17.5 Å². The normalized spacial score (nSPS) is 22.6. The summed E-state index contributed by atoms with van der Waals surface area (Å²) in [5, 5.41) is 3.88. The van der Waals surface area contributed by atoms with Gasteiger partial charge in [0.25, 0.3) is 0 Å². The summed E-state index contributed by atoms with van der Waals surface area (Å²) in [6, 6.07) is 0. The van der Waals surface area contributed by atoms with Crippen LogP contribution in [0.15, 0.2) is 4.99 Å². The fourth-order valence-corrected chi connectivity index (χ4v) is 3.69. The van der Waals surface area contributed by atoms with E-state index in [9.17, 15) is 13.2 Å². The van der Waals surface area contributed by atoms with Gasteiger partial charge in [0, 0.05) is 18.8 Å². The highest BCUT2D eigenvalue weighted by Gasteiger charge is 2.36. The van der Waals surface area contributed by atoms with Crippen molar-refractivity contribution in [1.82, 2.24) is 5.32 Å². The molecule has 0 amide bonds. The van der Waals surface area contributed by atoms with Crippen molar-refractivity contribution >= 4 is 16.9 Å². The Hall–Kier alpha value is -0.430. The van der Waals surface area contributed by atoms with E-state index < -0.39 is 12.8 Å². The smallest absolute Gasteiger partial charge is 0.370 e. The third kappa shape index (κ3) is 4.87. The van der Waals surface area contributed by atoms with Crippen LogP contribution in [0.5, 0.6) is 0 Å². The zero-order chi connectivity index (χ0) is 13.8. The van der Waals surface area contributed by atoms with Crippen LogP contribution >= 0.6 is 11.8 Å². The first-order valence-electron chi connectivity index (χ1n) is 6.55. The number of thioether (sulfide) groups is 1. The summed E-state index contributed by atoms with van der Waals surface area (Å²) < 4.78 is 40.0. The molecule has 0 aromatic heterocycles. The van der Waals surface area contributed by atoms with Crippen LogP contribution in [0.1, 0.15) is 25.7 Å². The van der Waals surface area contributed by atoms with Crippen LogP contribution in [0.3, 0.4) is 0 Å². The first-order chi connectivity index (χ1) is 8.99. The van der Waals surface area contributed by atoms with Crippen LogP contribution in [0.25, 0.3) is 0 Å². The average Bonchev–Trinajstić information content (AvgIpc) is 2.79. The molecule has 0 bridgehead atoms. The highest BCUT2D eigenvalue weighted by Crippen LogP contribution is 2.43. The Morgan fingerprint density at radius 1 is 1.32 bits per heavy atom. The minimum atomic E-state index is -4.24. The minimum Gasteiger partial charge on any atom is -0.370 e. The Balaban J connectivity index is 1.61. The van der Waals surface area contributed by atoms with E-state index in [1.165, 1.54) is 25.7 Å². The summed E-state index contributed by atoms with van der Waals surface area (Å²) in [6.07, 6.45) is 0.858. The standard InChI is InChI=1S/C12H19F3N2OS/c13-12(14,15)8-18-6-5-16-10-17-7-11(9-19-10)3-1-2-4-11/h1-9H2,(H,16,17). The molecule has 0 radical (unpaired) electrons. The van der Waals surface area contributed by atoms with Crippen LogP contribution < -0.4 is 5.32 Å². The fraction of sp³-hybridized carbons (Fsp3) is 0.917. The zero-order valence-electron chi connectivity index (χ0n) is 10.8. The van der Waals surface area contributed by atoms with E-state index in [1.807, 2.05) is 0 Å². The Morgan fingerprint density at radius 3 is 2.63 bits per heavy atom. The second kappa shape index (κ2) is 6.35. The van der Waals surface area contributed by atoms with Gasteiger partial charge in [-0.25, -0.2) is 0 Å². The third-order valence-electron chi connectivity index (χ3n) is 3.53. The molecule has 0 aromatic rings. The quantitative estimate of drug-likeness (QED) is 0.810. The first kappa shape index (κ1) is 15.0. The summed E-state index contributed by atoms with van der Waals surface area (Å²) in [4.78, 5) is 4.50. The van der Waals surface area contributed by atoms with Gasteiger partial charge in [-0.2, -0.15) is 13.2 Å². The maximum Gasteiger partial charge on any atom is 0.411 e. The van der Waals surface area contributed by atoms with E-state index in [4.69, 9.17) is 0 Å². The molecule has 110 valence electrons. The van der Waals surface area contributed by atoms with E-state index in [2.05, 4.69) is 15.0 Å². The van der Waals surface area contributed by atoms with E-state index in [1.54, 1.807) is 11.8 Å². The number of alkyl halides is 3. The van der Waals surface area contributed by atoms with Gasteiger partial charge in [-0.1, -0.05) is 24.6 Å². The van der Waals surface area contributed by atoms with E-state index >= 15 is 0 Å². The number of hydrogen-bond acceptors (Lipinski definition) is 4. The molecule has 1 aliphatic carbocycles. The van der Waals surface area contributed by atoms with Gasteiger partial charge in [0.05, 0.1) is 6.61 Å². The predicted molar refractivity (Wildman–Crippen MR) is 70.5 cm³/mol. The highest BCUT2D eigenvalue weighted by atomic mass is 32.2. The molecular weight excluding hydrogens is 277 g/mol. The Kier molecular flexibility index (Phi) is 5.00. The molecule has 7 heteroatoms. The number of hydrogen-bond donors (Lipinski definition) is 1. The zero-order valence-corrected chi connectivity index (χ0v) is 11.6. The van der Waals surface area contributed by atoms with Crippen molar-refractivity contribution in [2.75, 3.05) is 32.1 Å². The molecule has 2 rings (SSSR count). The van der Waals surface area contributed by atoms with Crippen molar-refractivity contribution in [3.05, 3.63) is 0 Å². The largest absolute Gasteiger partial charge is 0.411 e. The van der Waals surface area contributed by atoms with Gasteiger partial charge in [0.1, 0.15) is 6.61 Å². The van der Waals surface area contributed by atoms with Crippen LogP contribution in [0, 0.1) is 5.41 Å². The predicted octanol–water partition coefficient (Wildman–Crippen LogP) is 2.82. The van der Waals surface area contributed by atoms with Gasteiger partial charge in [-0.3, -0.25) is 4.99 Å². The van der Waals surface area contributed by atoms with Crippen molar-refractivity contribution in [2.45, 2.75) is 31.9 Å². The number of nitrogens with one attached hydrogen (secondary N) is 1. The summed E-state index contributed by atoms with van der Waals surface area (Å²) in [5.74, 6) is 1.07. The third-order valence-corrected chi connectivity index (χ3v) is 4.83. The van der Waals surface area contributed by atoms with Gasteiger partial charge in [-0.15, -0.1) is 0 Å². The minimum absolute atomic E-state index is 0.0459. The molecule has 0 unspecified atom stereocenters. The summed E-state index contributed by atoms with van der Waals surface area (Å²) in [7, 11) is 0. The number of nitrogens with zero attached hydrogens (tertiary/aromatic N) is 1. The van der Waals surface area contributed by atoms with Crippen molar-refractivity contribution in [1.29, 1.82) is 0 Å². The topological polar surface area (TPSA) is 33.6 Å². The summed E-state index contributed by atoms with van der Waals surface area (Å²) >= 11 is 1.68. The van der Waals surface area contributed by atoms with E-state index in [0.29, 0.717) is 12.0 Å². The fourth-order valence-electron chi connectivity index (χ4n) is 2.50. The molecule has 0 atom stereocenters. The Morgan fingerprint density at radius 2 is 2.05 bits per heavy atom. The van der Waals surface area contributed by atoms with Crippen LogP contribution in [0.2, 0.25) is 0 Å². The summed E-state index contributed by atoms with van der Waals surface area (Å²) in [5.41, 5.74) is 0.391. The molecule has 1 saturated carbocycles. The number of halogens is 3. The second-order valence-electron chi connectivity index (χ2n) is 5.21. The molecule has 2 aliphatic rings. The molecule has 0 saturated heterocycles. The number of ether oxygens (including phenoxy) is 1. The van der Waals surface area contributed by atoms with Gasteiger partial charge in [-0.05, 0) is 18.3 Å². The number of amidine groups is 1. The Labute approximate surface area is 115 Å². The monoisotopic (exact) mass is 296 g/mol. The molecule has 1 spiro atoms. The second-order valence-corrected chi connectivity index (χ2v) is 6.18. The molecule has 1 aliphatic heterocycles. The molecule has 0 aromatic carbocycles. The van der Waals surface area contributed by atoms with Gasteiger partial charge in [0.15, 0.2) is 5.17 Å². The molecule has 3 nitrogen and oxygen atoms in total. The Bertz CT molecular complexity index is 327. The molecule has 19 heavy (non-hydrogen) atoms. The molecule has 1 fully saturated rings. The lowest BCUT2D eigenvalue weighted by atomic mass is 9.89. The average molecular weight is 296 g/mol. The first-order valence-corrected chi connectivity index (χ1v) is 7.53. The summed E-state index contributed by atoms with van der Waals surface area (Å²) in [6.45, 7) is 0.0856. The van der Waals surface area contributed by atoms with Gasteiger partial charge < -0.3 is 10.1 Å². The lowest BCUT2D eigenvalue weighted by molar-refractivity contribution is -0.173. The van der Waals surface area contributed by atoms with Crippen LogP contribution in [-0.4, -0.2) is 43.4 Å². The van der Waals surface area contributed by atoms with Gasteiger partial charge in [0.2, 0.25) is 0 Å². The lowest BCUT2D eigenvalue weighted by Gasteiger charge is -2.31. The van der Waals surface area contributed by atoms with Crippen molar-refractivity contribution in [3.8, 4) is 0 Å². The van der Waals surface area contributed by atoms with Crippen molar-refractivity contribution in [2.24, 2.45) is 10.4 Å². The van der Waals surface area contributed by atoms with Crippen molar-refractivity contribution < 1.29 is 17.9 Å². The maximum absolute atomic E-state index is 11.8. The van der Waals surface area contributed by atoms with Gasteiger partial charge >= 0.3 is 6.18 Å². The lowest BCUT2D eigenvalue weighted by Crippen LogP contribution is -2.35. The van der Waals surface area contributed by atoms with Crippen LogP contribution in [-0.2, 0) is 4.74 Å². The molecule has 1 N–H and O–H groups in total. The molecule has 1 heterocycles. The number of aliphatic imine (C=N–C) groups is 1. The van der Waals surface area contributed by atoms with Crippen molar-refractivity contribution in [3.63, 3.8) is 0 Å². The molecular formula is C12H19F3N2OS.